The summed E-state index contributed by atoms with van der Waals surface area (Å²) in [6, 6.07) is 7.75. The van der Waals surface area contributed by atoms with Crippen molar-refractivity contribution in [2.24, 2.45) is 0 Å². The van der Waals surface area contributed by atoms with Crippen LogP contribution in [0.2, 0.25) is 5.02 Å². The maximum Gasteiger partial charge on any atom is 0.416 e. The molecular formula is C14H9ClF4O. The summed E-state index contributed by atoms with van der Waals surface area (Å²) in [6.45, 7) is 0. The van der Waals surface area contributed by atoms with Gasteiger partial charge in [0, 0.05) is 0 Å². The van der Waals surface area contributed by atoms with Crippen LogP contribution in [0.5, 0.6) is 0 Å². The van der Waals surface area contributed by atoms with E-state index >= 15 is 0 Å². The average molecular weight is 305 g/mol. The van der Waals surface area contributed by atoms with Crippen LogP contribution in [0.1, 0.15) is 22.8 Å². The Hall–Kier alpha value is -1.59. The molecule has 2 aromatic rings. The number of benzene rings is 2. The van der Waals surface area contributed by atoms with Crippen molar-refractivity contribution >= 4 is 11.6 Å². The maximum absolute atomic E-state index is 13.0. The summed E-state index contributed by atoms with van der Waals surface area (Å²) >= 11 is 5.60. The smallest absolute Gasteiger partial charge is 0.384 e. The zero-order valence-corrected chi connectivity index (χ0v) is 10.7. The molecule has 0 radical (unpaired) electrons. The van der Waals surface area contributed by atoms with Crippen LogP contribution in [0.3, 0.4) is 0 Å². The molecule has 2 rings (SSSR count). The summed E-state index contributed by atoms with van der Waals surface area (Å²) in [5, 5.41) is 9.88. The quantitative estimate of drug-likeness (QED) is 0.805. The first-order valence-corrected chi connectivity index (χ1v) is 5.97. The van der Waals surface area contributed by atoms with E-state index in [1.165, 1.54) is 24.3 Å². The van der Waals surface area contributed by atoms with E-state index in [1.807, 2.05) is 0 Å². The minimum absolute atomic E-state index is 0.159. The number of alkyl halides is 3. The highest BCUT2D eigenvalue weighted by atomic mass is 35.5. The topological polar surface area (TPSA) is 20.2 Å². The Labute approximate surface area is 117 Å². The molecule has 0 saturated heterocycles. The Kier molecular flexibility index (Phi) is 4.01. The highest BCUT2D eigenvalue weighted by Gasteiger charge is 2.30. The van der Waals surface area contributed by atoms with E-state index in [2.05, 4.69) is 0 Å². The SMILES string of the molecule is OC(c1ccc(C(F)(F)F)cc1)c1ccc(F)c(Cl)c1. The van der Waals surface area contributed by atoms with Gasteiger partial charge in [-0.1, -0.05) is 29.8 Å². The zero-order valence-electron chi connectivity index (χ0n) is 9.96. The minimum Gasteiger partial charge on any atom is -0.384 e. The van der Waals surface area contributed by atoms with Crippen LogP contribution >= 0.6 is 11.6 Å². The molecule has 0 saturated carbocycles. The summed E-state index contributed by atoms with van der Waals surface area (Å²) in [5.41, 5.74) is -0.234. The molecule has 0 aliphatic carbocycles. The lowest BCUT2D eigenvalue weighted by atomic mass is 10.0. The van der Waals surface area contributed by atoms with Crippen molar-refractivity contribution in [3.63, 3.8) is 0 Å². The lowest BCUT2D eigenvalue weighted by Crippen LogP contribution is -2.06. The Morgan fingerprint density at radius 1 is 0.950 bits per heavy atom. The molecule has 0 heterocycles. The van der Waals surface area contributed by atoms with Crippen LogP contribution in [0, 0.1) is 5.82 Å². The molecule has 2 aromatic carbocycles. The summed E-state index contributed by atoms with van der Waals surface area (Å²) in [6.07, 6.45) is -5.60. The van der Waals surface area contributed by atoms with E-state index < -0.39 is 23.7 Å². The fourth-order valence-electron chi connectivity index (χ4n) is 1.73. The monoisotopic (exact) mass is 304 g/mol. The molecule has 20 heavy (non-hydrogen) atoms. The van der Waals surface area contributed by atoms with Gasteiger partial charge in [0.1, 0.15) is 11.9 Å². The third-order valence-electron chi connectivity index (χ3n) is 2.81. The third-order valence-corrected chi connectivity index (χ3v) is 3.10. The van der Waals surface area contributed by atoms with E-state index in [1.54, 1.807) is 0 Å². The molecule has 1 N–H and O–H groups in total. The van der Waals surface area contributed by atoms with Gasteiger partial charge >= 0.3 is 6.18 Å². The first kappa shape index (κ1) is 14.8. The number of aliphatic hydroxyl groups is 1. The molecule has 0 bridgehead atoms. The summed E-state index contributed by atoms with van der Waals surface area (Å²) in [5.74, 6) is -0.630. The van der Waals surface area contributed by atoms with Gasteiger partial charge in [0.2, 0.25) is 0 Å². The molecule has 1 nitrogen and oxygen atoms in total. The lowest BCUT2D eigenvalue weighted by Gasteiger charge is -2.13. The molecule has 0 fully saturated rings. The van der Waals surface area contributed by atoms with E-state index in [-0.39, 0.29) is 10.6 Å². The Balaban J connectivity index is 2.29. The summed E-state index contributed by atoms with van der Waals surface area (Å²) in [4.78, 5) is 0. The van der Waals surface area contributed by atoms with Crippen molar-refractivity contribution in [1.29, 1.82) is 0 Å². The average Bonchev–Trinajstić information content (AvgIpc) is 2.40. The normalized spacial score (nSPS) is 13.3. The first-order valence-electron chi connectivity index (χ1n) is 5.59. The molecule has 1 atom stereocenters. The van der Waals surface area contributed by atoms with E-state index in [0.717, 1.165) is 18.2 Å². The molecule has 0 spiro atoms. The zero-order chi connectivity index (χ0) is 14.9. The van der Waals surface area contributed by atoms with Gasteiger partial charge in [-0.15, -0.1) is 0 Å². The number of hydrogen-bond donors (Lipinski definition) is 1. The van der Waals surface area contributed by atoms with Gasteiger partial charge in [-0.3, -0.25) is 0 Å². The van der Waals surface area contributed by atoms with Crippen LogP contribution in [0.15, 0.2) is 42.5 Å². The van der Waals surface area contributed by atoms with Crippen LogP contribution < -0.4 is 0 Å². The van der Waals surface area contributed by atoms with E-state index in [4.69, 9.17) is 11.6 Å². The van der Waals surface area contributed by atoms with Crippen molar-refractivity contribution < 1.29 is 22.7 Å². The standard InChI is InChI=1S/C14H9ClF4O/c15-11-7-9(3-6-12(11)16)13(20)8-1-4-10(5-2-8)14(17,18)19/h1-7,13,20H. The van der Waals surface area contributed by atoms with Crippen molar-refractivity contribution in [1.82, 2.24) is 0 Å². The molecule has 1 unspecified atom stereocenters. The van der Waals surface area contributed by atoms with Gasteiger partial charge in [-0.05, 0) is 35.4 Å². The van der Waals surface area contributed by atoms with Crippen LogP contribution in [-0.4, -0.2) is 5.11 Å². The van der Waals surface area contributed by atoms with Gasteiger partial charge in [-0.2, -0.15) is 13.2 Å². The summed E-state index contributed by atoms with van der Waals surface area (Å²) in [7, 11) is 0. The number of halogens is 5. The summed E-state index contributed by atoms with van der Waals surface area (Å²) < 4.78 is 50.3. The molecule has 106 valence electrons. The third kappa shape index (κ3) is 3.11. The molecule has 0 amide bonds. The van der Waals surface area contributed by atoms with Crippen LogP contribution in [0.25, 0.3) is 0 Å². The Morgan fingerprint density at radius 2 is 1.50 bits per heavy atom. The fourth-order valence-corrected chi connectivity index (χ4v) is 1.92. The number of hydrogen-bond acceptors (Lipinski definition) is 1. The van der Waals surface area contributed by atoms with Crippen LogP contribution in [-0.2, 0) is 6.18 Å². The molecular weight excluding hydrogens is 296 g/mol. The molecule has 6 heteroatoms. The van der Waals surface area contributed by atoms with Crippen LogP contribution in [0.4, 0.5) is 17.6 Å². The molecule has 0 aromatic heterocycles. The first-order chi connectivity index (χ1) is 9.29. The fraction of sp³-hybridized carbons (Fsp3) is 0.143. The van der Waals surface area contributed by atoms with Gasteiger partial charge < -0.3 is 5.11 Å². The van der Waals surface area contributed by atoms with Crippen molar-refractivity contribution in [2.45, 2.75) is 12.3 Å². The highest BCUT2D eigenvalue weighted by molar-refractivity contribution is 6.30. The second-order valence-corrected chi connectivity index (χ2v) is 4.60. The Morgan fingerprint density at radius 3 is 2.00 bits per heavy atom. The Bertz CT molecular complexity index is 608. The van der Waals surface area contributed by atoms with Gasteiger partial charge in [-0.25, -0.2) is 4.39 Å². The van der Waals surface area contributed by atoms with Gasteiger partial charge in [0.05, 0.1) is 10.6 Å². The van der Waals surface area contributed by atoms with Crippen molar-refractivity contribution in [3.8, 4) is 0 Å². The van der Waals surface area contributed by atoms with Crippen molar-refractivity contribution in [3.05, 3.63) is 70.0 Å². The number of rotatable bonds is 2. The second kappa shape index (κ2) is 5.42. The van der Waals surface area contributed by atoms with Gasteiger partial charge in [0.15, 0.2) is 0 Å². The van der Waals surface area contributed by atoms with E-state index in [9.17, 15) is 22.7 Å². The predicted molar refractivity (Wildman–Crippen MR) is 66.9 cm³/mol. The molecule has 0 aliphatic rings. The van der Waals surface area contributed by atoms with Gasteiger partial charge in [0.25, 0.3) is 0 Å². The second-order valence-electron chi connectivity index (χ2n) is 4.20. The minimum atomic E-state index is -4.43. The maximum atomic E-state index is 13.0. The highest BCUT2D eigenvalue weighted by Crippen LogP contribution is 2.31. The van der Waals surface area contributed by atoms with Crippen molar-refractivity contribution in [2.75, 3.05) is 0 Å². The predicted octanol–water partition coefficient (Wildman–Crippen LogP) is 4.58. The number of aliphatic hydroxyl groups excluding tert-OH is 1. The molecule has 0 aliphatic heterocycles. The largest absolute Gasteiger partial charge is 0.416 e. The lowest BCUT2D eigenvalue weighted by molar-refractivity contribution is -0.137. The van der Waals surface area contributed by atoms with E-state index in [0.29, 0.717) is 5.56 Å².